The van der Waals surface area contributed by atoms with E-state index in [0.717, 1.165) is 3.57 Å². The van der Waals surface area contributed by atoms with E-state index in [9.17, 15) is 4.79 Å². The number of amides is 1. The van der Waals surface area contributed by atoms with E-state index in [1.165, 1.54) is 17.2 Å². The number of carbonyl (C=O) groups is 1. The summed E-state index contributed by atoms with van der Waals surface area (Å²) in [5.41, 5.74) is 0.692. The van der Waals surface area contributed by atoms with Crippen LogP contribution in [0.2, 0.25) is 0 Å². The highest BCUT2D eigenvalue weighted by atomic mass is 127. The lowest BCUT2D eigenvalue weighted by molar-refractivity contribution is 0.101. The summed E-state index contributed by atoms with van der Waals surface area (Å²) in [6, 6.07) is 7.44. The van der Waals surface area contributed by atoms with Crippen LogP contribution < -0.4 is 5.32 Å². The lowest BCUT2D eigenvalue weighted by atomic mass is 10.3. The molecule has 0 bridgehead atoms. The third kappa shape index (κ3) is 2.66. The molecule has 3 aromatic rings. The Morgan fingerprint density at radius 3 is 2.60 bits per heavy atom. The van der Waals surface area contributed by atoms with Crippen molar-refractivity contribution in [2.45, 2.75) is 0 Å². The van der Waals surface area contributed by atoms with E-state index < -0.39 is 0 Å². The van der Waals surface area contributed by atoms with Crippen molar-refractivity contribution in [2.24, 2.45) is 0 Å². The molecule has 0 radical (unpaired) electrons. The van der Waals surface area contributed by atoms with Crippen molar-refractivity contribution in [1.29, 1.82) is 0 Å². The number of nitrogens with zero attached hydrogens (tertiary/aromatic N) is 5. The fourth-order valence-electron chi connectivity index (χ4n) is 1.50. The molecule has 2 heterocycles. The van der Waals surface area contributed by atoms with E-state index in [4.69, 9.17) is 0 Å². The molecule has 0 aliphatic rings. The van der Waals surface area contributed by atoms with Crippen molar-refractivity contribution in [3.63, 3.8) is 0 Å². The van der Waals surface area contributed by atoms with E-state index in [2.05, 4.69) is 53.3 Å². The van der Waals surface area contributed by atoms with Gasteiger partial charge in [-0.15, -0.1) is 15.3 Å². The predicted molar refractivity (Wildman–Crippen MR) is 78.4 cm³/mol. The molecule has 0 fully saturated rings. The Morgan fingerprint density at radius 2 is 1.90 bits per heavy atom. The highest BCUT2D eigenvalue weighted by molar-refractivity contribution is 14.1. The van der Waals surface area contributed by atoms with Crippen molar-refractivity contribution < 1.29 is 4.79 Å². The minimum absolute atomic E-state index is 0.118. The topological polar surface area (TPSA) is 101 Å². The summed E-state index contributed by atoms with van der Waals surface area (Å²) >= 11 is 2.20. The molecule has 0 aliphatic heterocycles. The van der Waals surface area contributed by atoms with Gasteiger partial charge in [0.05, 0.1) is 0 Å². The average Bonchev–Trinajstić information content (AvgIpc) is 3.11. The summed E-state index contributed by atoms with van der Waals surface area (Å²) in [7, 11) is 0. The van der Waals surface area contributed by atoms with Crippen LogP contribution in [0.15, 0.2) is 36.9 Å². The number of hydrogen-bond acceptors (Lipinski definition) is 5. The van der Waals surface area contributed by atoms with Crippen LogP contribution in [0.1, 0.15) is 10.6 Å². The number of rotatable bonds is 3. The van der Waals surface area contributed by atoms with Crippen LogP contribution in [0.3, 0.4) is 0 Å². The van der Waals surface area contributed by atoms with Crippen molar-refractivity contribution in [2.75, 3.05) is 5.32 Å². The zero-order valence-corrected chi connectivity index (χ0v) is 12.1. The van der Waals surface area contributed by atoms with Gasteiger partial charge in [-0.05, 0) is 46.9 Å². The second kappa shape index (κ2) is 5.36. The quantitative estimate of drug-likeness (QED) is 0.665. The van der Waals surface area contributed by atoms with Gasteiger partial charge in [0.15, 0.2) is 0 Å². The molecule has 1 amide bonds. The van der Waals surface area contributed by atoms with E-state index in [0.29, 0.717) is 11.6 Å². The number of carbonyl (C=O) groups excluding carboxylic acids is 1. The van der Waals surface area contributed by atoms with Gasteiger partial charge in [0.2, 0.25) is 5.82 Å². The molecule has 3 rings (SSSR count). The average molecular weight is 381 g/mol. The number of benzene rings is 1. The van der Waals surface area contributed by atoms with Gasteiger partial charge in [0.25, 0.3) is 11.9 Å². The largest absolute Gasteiger partial charge is 0.319 e. The van der Waals surface area contributed by atoms with Gasteiger partial charge in [-0.25, -0.2) is 0 Å². The Hall–Kier alpha value is -2.30. The number of H-pyrrole nitrogens is 1. The van der Waals surface area contributed by atoms with Crippen LogP contribution in [-0.2, 0) is 0 Å². The van der Waals surface area contributed by atoms with Crippen molar-refractivity contribution in [3.05, 3.63) is 46.3 Å². The third-order valence-corrected chi connectivity index (χ3v) is 3.16. The van der Waals surface area contributed by atoms with Crippen LogP contribution in [0, 0.1) is 3.57 Å². The fourth-order valence-corrected chi connectivity index (χ4v) is 1.86. The maximum atomic E-state index is 12.0. The van der Waals surface area contributed by atoms with Gasteiger partial charge in [0, 0.05) is 9.26 Å². The Kier molecular flexibility index (Phi) is 3.41. The molecule has 20 heavy (non-hydrogen) atoms. The van der Waals surface area contributed by atoms with Crippen LogP contribution in [0.5, 0.6) is 0 Å². The smallest absolute Gasteiger partial charge is 0.293 e. The lowest BCUT2D eigenvalue weighted by Crippen LogP contribution is -2.13. The molecule has 2 N–H and O–H groups in total. The zero-order chi connectivity index (χ0) is 13.9. The second-order valence-electron chi connectivity index (χ2n) is 3.81. The number of nitrogens with one attached hydrogen (secondary N) is 2. The van der Waals surface area contributed by atoms with Crippen LogP contribution in [0.4, 0.5) is 5.69 Å². The van der Waals surface area contributed by atoms with E-state index in [-0.39, 0.29) is 11.7 Å². The van der Waals surface area contributed by atoms with E-state index >= 15 is 0 Å². The number of anilines is 1. The molecular weight excluding hydrogens is 373 g/mol. The Balaban J connectivity index is 1.76. The monoisotopic (exact) mass is 381 g/mol. The summed E-state index contributed by atoms with van der Waals surface area (Å²) in [6.07, 6.45) is 2.90. The zero-order valence-electron chi connectivity index (χ0n) is 9.99. The molecule has 8 nitrogen and oxygen atoms in total. The molecule has 0 atom stereocenters. The van der Waals surface area contributed by atoms with Gasteiger partial charge >= 0.3 is 0 Å². The van der Waals surface area contributed by atoms with Crippen molar-refractivity contribution in [1.82, 2.24) is 29.9 Å². The molecule has 1 aromatic carbocycles. The number of aromatic nitrogens is 6. The highest BCUT2D eigenvalue weighted by Crippen LogP contribution is 2.12. The Labute approximate surface area is 126 Å². The normalized spacial score (nSPS) is 10.4. The number of hydrogen-bond donors (Lipinski definition) is 2. The molecule has 0 saturated heterocycles. The molecule has 0 saturated carbocycles. The second-order valence-corrected chi connectivity index (χ2v) is 5.06. The molecule has 100 valence electrons. The van der Waals surface area contributed by atoms with Crippen LogP contribution in [0.25, 0.3) is 5.95 Å². The first-order chi connectivity index (χ1) is 9.72. The lowest BCUT2D eigenvalue weighted by Gasteiger charge is -2.02. The minimum atomic E-state index is -0.363. The first-order valence-corrected chi connectivity index (χ1v) is 6.64. The van der Waals surface area contributed by atoms with Gasteiger partial charge in [0.1, 0.15) is 12.7 Å². The van der Waals surface area contributed by atoms with Crippen molar-refractivity contribution >= 4 is 34.2 Å². The first-order valence-electron chi connectivity index (χ1n) is 5.57. The summed E-state index contributed by atoms with van der Waals surface area (Å²) < 4.78 is 2.59. The molecule has 9 heteroatoms. The molecule has 0 spiro atoms. The first kappa shape index (κ1) is 12.7. The highest BCUT2D eigenvalue weighted by Gasteiger charge is 2.13. The fraction of sp³-hybridized carbons (Fsp3) is 0. The molecule has 0 aliphatic carbocycles. The van der Waals surface area contributed by atoms with Crippen LogP contribution >= 0.6 is 22.6 Å². The predicted octanol–water partition coefficient (Wildman–Crippen LogP) is 1.24. The Morgan fingerprint density at radius 1 is 1.20 bits per heavy atom. The molecule has 2 aromatic heterocycles. The van der Waals surface area contributed by atoms with E-state index in [1.807, 2.05) is 24.3 Å². The number of halogens is 1. The van der Waals surface area contributed by atoms with Gasteiger partial charge in [-0.2, -0.15) is 4.98 Å². The van der Waals surface area contributed by atoms with Gasteiger partial charge in [-0.1, -0.05) is 0 Å². The van der Waals surface area contributed by atoms with E-state index in [1.54, 1.807) is 0 Å². The summed E-state index contributed by atoms with van der Waals surface area (Å²) in [6.45, 7) is 0. The standard InChI is InChI=1S/C11H8IN7O/c12-7-1-3-8(4-2-7)15-10(20)9-16-11(18-17-9)19-5-13-14-6-19/h1-6H,(H,15,20)(H,16,17,18). The summed E-state index contributed by atoms with van der Waals surface area (Å²) in [5.74, 6) is 0.0630. The molecular formula is C11H8IN7O. The van der Waals surface area contributed by atoms with Crippen LogP contribution in [-0.4, -0.2) is 35.9 Å². The summed E-state index contributed by atoms with van der Waals surface area (Å²) in [5, 5.41) is 16.5. The Bertz CT molecular complexity index is 720. The third-order valence-electron chi connectivity index (χ3n) is 2.44. The summed E-state index contributed by atoms with van der Waals surface area (Å²) in [4.78, 5) is 16.1. The maximum Gasteiger partial charge on any atom is 0.293 e. The van der Waals surface area contributed by atoms with Gasteiger partial charge in [-0.3, -0.25) is 14.5 Å². The maximum absolute atomic E-state index is 12.0. The number of aromatic amines is 1. The van der Waals surface area contributed by atoms with Gasteiger partial charge < -0.3 is 5.32 Å². The molecule has 0 unspecified atom stereocenters. The SMILES string of the molecule is O=C(Nc1ccc(I)cc1)c1nc(-n2cnnc2)n[nH]1. The van der Waals surface area contributed by atoms with Crippen molar-refractivity contribution in [3.8, 4) is 5.95 Å². The minimum Gasteiger partial charge on any atom is -0.319 e.